The summed E-state index contributed by atoms with van der Waals surface area (Å²) in [4.78, 5) is 0. The summed E-state index contributed by atoms with van der Waals surface area (Å²) in [6.07, 6.45) is 2.42. The molecular weight excluding hydrogens is 240 g/mol. The summed E-state index contributed by atoms with van der Waals surface area (Å²) in [7, 11) is 0. The molecule has 1 aromatic rings. The fourth-order valence-electron chi connectivity index (χ4n) is 1.49. The number of hydrogen-bond donors (Lipinski definition) is 1. The van der Waals surface area contributed by atoms with Gasteiger partial charge in [0.05, 0.1) is 10.0 Å². The van der Waals surface area contributed by atoms with Crippen LogP contribution in [0.2, 0.25) is 10.0 Å². The quantitative estimate of drug-likeness (QED) is 0.851. The van der Waals surface area contributed by atoms with Crippen LogP contribution >= 0.6 is 35.6 Å². The van der Waals surface area contributed by atoms with E-state index >= 15 is 0 Å². The van der Waals surface area contributed by atoms with Gasteiger partial charge in [-0.05, 0) is 30.4 Å². The Kier molecular flexibility index (Phi) is 4.08. The topological polar surface area (TPSA) is 26.0 Å². The average Bonchev–Trinajstić information content (AvgIpc) is 2.91. The third-order valence-corrected chi connectivity index (χ3v) is 3.30. The van der Waals surface area contributed by atoms with Crippen molar-refractivity contribution in [3.8, 4) is 0 Å². The van der Waals surface area contributed by atoms with Crippen LogP contribution in [0.15, 0.2) is 18.2 Å². The third-order valence-electron chi connectivity index (χ3n) is 2.47. The van der Waals surface area contributed by atoms with E-state index in [0.29, 0.717) is 16.0 Å². The van der Waals surface area contributed by atoms with Crippen LogP contribution in [0.25, 0.3) is 0 Å². The summed E-state index contributed by atoms with van der Waals surface area (Å²) in [5.41, 5.74) is 7.01. The Labute approximate surface area is 100.0 Å². The van der Waals surface area contributed by atoms with Crippen LogP contribution in [-0.4, -0.2) is 0 Å². The van der Waals surface area contributed by atoms with Crippen LogP contribution in [0.5, 0.6) is 0 Å². The largest absolute Gasteiger partial charge is 0.324 e. The van der Waals surface area contributed by atoms with E-state index in [9.17, 15) is 0 Å². The van der Waals surface area contributed by atoms with Crippen LogP contribution in [-0.2, 0) is 0 Å². The smallest absolute Gasteiger partial charge is 0.0640 e. The Morgan fingerprint density at radius 3 is 2.50 bits per heavy atom. The number of nitrogens with two attached hydrogens (primary N) is 1. The number of hydrogen-bond acceptors (Lipinski definition) is 1. The maximum atomic E-state index is 6.05. The second-order valence-electron chi connectivity index (χ2n) is 3.51. The van der Waals surface area contributed by atoms with E-state index in [1.165, 1.54) is 12.8 Å². The van der Waals surface area contributed by atoms with Gasteiger partial charge in [-0.3, -0.25) is 0 Å². The average molecular weight is 253 g/mol. The molecule has 1 saturated carbocycles. The van der Waals surface area contributed by atoms with Crippen LogP contribution in [0.1, 0.15) is 24.4 Å². The summed E-state index contributed by atoms with van der Waals surface area (Å²) >= 11 is 11.9. The van der Waals surface area contributed by atoms with Gasteiger partial charge in [0.15, 0.2) is 0 Å². The van der Waals surface area contributed by atoms with E-state index in [-0.39, 0.29) is 18.4 Å². The predicted molar refractivity (Wildman–Crippen MR) is 63.4 cm³/mol. The molecule has 0 bridgehead atoms. The standard InChI is InChI=1S/C10H11Cl2N.ClH/c11-8-3-1-2-7(9(8)12)10(13)6-4-5-6;/h1-3,6,10H,4-5,13H2;1H/t10-;/m1./s1. The summed E-state index contributed by atoms with van der Waals surface area (Å²) in [5, 5.41) is 1.21. The molecule has 0 heterocycles. The molecule has 0 unspecified atom stereocenters. The minimum Gasteiger partial charge on any atom is -0.324 e. The van der Waals surface area contributed by atoms with Gasteiger partial charge >= 0.3 is 0 Å². The van der Waals surface area contributed by atoms with Crippen LogP contribution in [0, 0.1) is 5.92 Å². The lowest BCUT2D eigenvalue weighted by molar-refractivity contribution is 0.634. The normalized spacial score (nSPS) is 17.4. The molecule has 1 fully saturated rings. The molecule has 2 rings (SSSR count). The van der Waals surface area contributed by atoms with Crippen molar-refractivity contribution >= 4 is 35.6 Å². The van der Waals surface area contributed by atoms with E-state index in [0.717, 1.165) is 5.56 Å². The number of halogens is 3. The van der Waals surface area contributed by atoms with E-state index in [1.807, 2.05) is 12.1 Å². The van der Waals surface area contributed by atoms with Gasteiger partial charge in [0.2, 0.25) is 0 Å². The molecular formula is C10H12Cl3N. The predicted octanol–water partition coefficient (Wildman–Crippen LogP) is 3.83. The summed E-state index contributed by atoms with van der Waals surface area (Å²) in [6, 6.07) is 5.70. The van der Waals surface area contributed by atoms with Crippen molar-refractivity contribution in [2.75, 3.05) is 0 Å². The maximum absolute atomic E-state index is 6.05. The van der Waals surface area contributed by atoms with Crippen molar-refractivity contribution in [2.45, 2.75) is 18.9 Å². The number of rotatable bonds is 2. The molecule has 1 nitrogen and oxygen atoms in total. The maximum Gasteiger partial charge on any atom is 0.0640 e. The monoisotopic (exact) mass is 251 g/mol. The van der Waals surface area contributed by atoms with Crippen molar-refractivity contribution < 1.29 is 0 Å². The van der Waals surface area contributed by atoms with Crippen LogP contribution < -0.4 is 5.73 Å². The first kappa shape index (κ1) is 12.1. The molecule has 78 valence electrons. The Hall–Kier alpha value is 0.0500. The lowest BCUT2D eigenvalue weighted by atomic mass is 10.0. The molecule has 0 aliphatic heterocycles. The minimum atomic E-state index is 0. The molecule has 0 saturated heterocycles. The Bertz CT molecular complexity index is 323. The summed E-state index contributed by atoms with van der Waals surface area (Å²) < 4.78 is 0. The van der Waals surface area contributed by atoms with Crippen molar-refractivity contribution in [3.63, 3.8) is 0 Å². The van der Waals surface area contributed by atoms with Gasteiger partial charge in [0.1, 0.15) is 0 Å². The van der Waals surface area contributed by atoms with Gasteiger partial charge in [-0.15, -0.1) is 12.4 Å². The zero-order valence-corrected chi connectivity index (χ0v) is 9.87. The molecule has 0 aromatic heterocycles. The lowest BCUT2D eigenvalue weighted by Crippen LogP contribution is -2.12. The molecule has 1 aliphatic rings. The highest BCUT2D eigenvalue weighted by molar-refractivity contribution is 6.42. The Morgan fingerprint density at radius 2 is 1.93 bits per heavy atom. The van der Waals surface area contributed by atoms with Gasteiger partial charge in [-0.1, -0.05) is 35.3 Å². The van der Waals surface area contributed by atoms with Crippen molar-refractivity contribution in [1.82, 2.24) is 0 Å². The fraction of sp³-hybridized carbons (Fsp3) is 0.400. The zero-order valence-electron chi connectivity index (χ0n) is 7.54. The van der Waals surface area contributed by atoms with E-state index < -0.39 is 0 Å². The van der Waals surface area contributed by atoms with Crippen molar-refractivity contribution in [1.29, 1.82) is 0 Å². The lowest BCUT2D eigenvalue weighted by Gasteiger charge is -2.12. The number of benzene rings is 1. The molecule has 0 radical (unpaired) electrons. The van der Waals surface area contributed by atoms with Gasteiger partial charge in [-0.2, -0.15) is 0 Å². The molecule has 0 spiro atoms. The van der Waals surface area contributed by atoms with Crippen LogP contribution in [0.4, 0.5) is 0 Å². The summed E-state index contributed by atoms with van der Waals surface area (Å²) in [6.45, 7) is 0. The third kappa shape index (κ3) is 2.34. The van der Waals surface area contributed by atoms with Crippen molar-refractivity contribution in [3.05, 3.63) is 33.8 Å². The summed E-state index contributed by atoms with van der Waals surface area (Å²) in [5.74, 6) is 0.607. The molecule has 14 heavy (non-hydrogen) atoms. The van der Waals surface area contributed by atoms with Gasteiger partial charge in [0.25, 0.3) is 0 Å². The van der Waals surface area contributed by atoms with E-state index in [4.69, 9.17) is 28.9 Å². The molecule has 0 amide bonds. The molecule has 4 heteroatoms. The first-order chi connectivity index (χ1) is 6.20. The highest BCUT2D eigenvalue weighted by atomic mass is 35.5. The minimum absolute atomic E-state index is 0. The first-order valence-corrected chi connectivity index (χ1v) is 5.15. The highest BCUT2D eigenvalue weighted by Crippen LogP contribution is 2.42. The zero-order chi connectivity index (χ0) is 9.42. The van der Waals surface area contributed by atoms with E-state index in [1.54, 1.807) is 6.07 Å². The molecule has 2 N–H and O–H groups in total. The Balaban J connectivity index is 0.000000980. The van der Waals surface area contributed by atoms with E-state index in [2.05, 4.69) is 0 Å². The van der Waals surface area contributed by atoms with Gasteiger partial charge in [0, 0.05) is 6.04 Å². The molecule has 1 atom stereocenters. The Morgan fingerprint density at radius 1 is 1.29 bits per heavy atom. The van der Waals surface area contributed by atoms with Gasteiger partial charge < -0.3 is 5.73 Å². The van der Waals surface area contributed by atoms with Crippen LogP contribution in [0.3, 0.4) is 0 Å². The SMILES string of the molecule is Cl.N[C@@H](c1cccc(Cl)c1Cl)C1CC1. The molecule has 1 aromatic carbocycles. The second-order valence-corrected chi connectivity index (χ2v) is 4.29. The fourth-order valence-corrected chi connectivity index (χ4v) is 1.92. The van der Waals surface area contributed by atoms with Gasteiger partial charge in [-0.25, -0.2) is 0 Å². The first-order valence-electron chi connectivity index (χ1n) is 4.39. The second kappa shape index (κ2) is 4.71. The van der Waals surface area contributed by atoms with Crippen molar-refractivity contribution in [2.24, 2.45) is 11.7 Å². The highest BCUT2D eigenvalue weighted by Gasteiger charge is 2.30. The molecule has 1 aliphatic carbocycles.